The highest BCUT2D eigenvalue weighted by Gasteiger charge is 2.25. The maximum Gasteiger partial charge on any atom is 0.330 e. The van der Waals surface area contributed by atoms with Crippen molar-refractivity contribution < 1.29 is 5.11 Å². The molecule has 9 nitrogen and oxygen atoms in total. The van der Waals surface area contributed by atoms with E-state index in [0.29, 0.717) is 36.2 Å². The Kier molecular flexibility index (Phi) is 5.21. The second-order valence-corrected chi connectivity index (χ2v) is 7.00. The molecule has 1 saturated heterocycles. The first-order chi connectivity index (χ1) is 13.6. The molecule has 2 aromatic heterocycles. The second-order valence-electron chi connectivity index (χ2n) is 6.60. The maximum absolute atomic E-state index is 12.8. The summed E-state index contributed by atoms with van der Waals surface area (Å²) in [4.78, 5) is 34.3. The molecule has 0 amide bonds. The van der Waals surface area contributed by atoms with Crippen LogP contribution in [0.15, 0.2) is 33.9 Å². The van der Waals surface area contributed by atoms with Crippen LogP contribution in [0, 0.1) is 0 Å². The summed E-state index contributed by atoms with van der Waals surface area (Å²) >= 11 is 6.44. The number of aryl methyl sites for hydroxylation is 1. The van der Waals surface area contributed by atoms with Gasteiger partial charge in [-0.05, 0) is 18.6 Å². The number of nitrogens with zero attached hydrogens (tertiary/aromatic N) is 4. The fraction of sp³-hybridized carbons (Fsp3) is 0.389. The molecule has 3 heterocycles. The van der Waals surface area contributed by atoms with Crippen molar-refractivity contribution in [3.63, 3.8) is 0 Å². The number of aromatic amines is 1. The molecule has 0 spiro atoms. The Morgan fingerprint density at radius 1 is 1.18 bits per heavy atom. The lowest BCUT2D eigenvalue weighted by molar-refractivity contribution is 0.279. The molecule has 4 rings (SSSR count). The van der Waals surface area contributed by atoms with Crippen LogP contribution in [0.4, 0.5) is 5.95 Å². The molecule has 0 aliphatic carbocycles. The summed E-state index contributed by atoms with van der Waals surface area (Å²) in [5, 5.41) is 12.9. The Morgan fingerprint density at radius 2 is 1.93 bits per heavy atom. The summed E-state index contributed by atoms with van der Waals surface area (Å²) in [5.74, 6) is 0.568. The third kappa shape index (κ3) is 3.21. The van der Waals surface area contributed by atoms with Gasteiger partial charge in [0.2, 0.25) is 5.95 Å². The Labute approximate surface area is 165 Å². The third-order valence-electron chi connectivity index (χ3n) is 4.81. The molecule has 1 aliphatic rings. The van der Waals surface area contributed by atoms with Gasteiger partial charge in [0.1, 0.15) is 0 Å². The molecule has 1 aromatic carbocycles. The molecule has 1 fully saturated rings. The highest BCUT2D eigenvalue weighted by Crippen LogP contribution is 2.29. The van der Waals surface area contributed by atoms with Crippen molar-refractivity contribution >= 4 is 28.7 Å². The maximum atomic E-state index is 12.8. The first-order valence-electron chi connectivity index (χ1n) is 9.19. The van der Waals surface area contributed by atoms with Crippen LogP contribution >= 0.6 is 11.6 Å². The molecule has 1 aliphatic heterocycles. The smallest absolute Gasteiger partial charge is 0.330 e. The van der Waals surface area contributed by atoms with Gasteiger partial charge in [0, 0.05) is 39.3 Å². The summed E-state index contributed by atoms with van der Waals surface area (Å²) in [6, 6.07) is 7.22. The predicted molar refractivity (Wildman–Crippen MR) is 108 cm³/mol. The summed E-state index contributed by atoms with van der Waals surface area (Å²) in [5.41, 5.74) is 0.114. The molecular weight excluding hydrogens is 384 g/mol. The van der Waals surface area contributed by atoms with E-state index in [4.69, 9.17) is 16.6 Å². The van der Waals surface area contributed by atoms with E-state index in [2.05, 4.69) is 15.2 Å². The summed E-state index contributed by atoms with van der Waals surface area (Å²) in [6.07, 6.45) is 0.378. The van der Waals surface area contributed by atoms with Crippen molar-refractivity contribution in [3.05, 3.63) is 50.1 Å². The van der Waals surface area contributed by atoms with Crippen molar-refractivity contribution in [2.75, 3.05) is 37.7 Å². The van der Waals surface area contributed by atoms with E-state index in [9.17, 15) is 14.7 Å². The highest BCUT2D eigenvalue weighted by molar-refractivity contribution is 6.32. The molecule has 0 saturated carbocycles. The number of aromatic nitrogens is 4. The van der Waals surface area contributed by atoms with Crippen LogP contribution in [0.25, 0.3) is 16.9 Å². The molecule has 3 N–H and O–H groups in total. The van der Waals surface area contributed by atoms with Gasteiger partial charge in [0.15, 0.2) is 11.2 Å². The number of imidazole rings is 1. The number of piperazine rings is 1. The summed E-state index contributed by atoms with van der Waals surface area (Å²) in [7, 11) is 0. The first-order valence-corrected chi connectivity index (χ1v) is 9.56. The number of para-hydroxylation sites is 1. The number of anilines is 1. The van der Waals surface area contributed by atoms with Crippen molar-refractivity contribution in [2.45, 2.75) is 13.0 Å². The lowest BCUT2D eigenvalue weighted by Gasteiger charge is -2.28. The molecule has 148 valence electrons. The lowest BCUT2D eigenvalue weighted by Crippen LogP contribution is -2.44. The summed E-state index contributed by atoms with van der Waals surface area (Å²) in [6.45, 7) is 3.20. The van der Waals surface area contributed by atoms with E-state index in [1.807, 2.05) is 18.2 Å². The van der Waals surface area contributed by atoms with E-state index < -0.39 is 11.2 Å². The standard InChI is InChI=1S/C18H21ClN6O3/c19-12-4-1-2-5-13(12)25-14-15(21-17(25)23-9-6-20-7-10-23)24(8-3-11-26)18(28)22-16(14)27/h1-2,4-5,20,26H,3,6-11H2,(H,22,27,28). The average molecular weight is 405 g/mol. The fourth-order valence-corrected chi connectivity index (χ4v) is 3.70. The molecule has 3 aromatic rings. The van der Waals surface area contributed by atoms with E-state index in [1.54, 1.807) is 10.6 Å². The van der Waals surface area contributed by atoms with Crippen LogP contribution in [0.3, 0.4) is 0 Å². The molecule has 0 unspecified atom stereocenters. The molecule has 0 radical (unpaired) electrons. The minimum absolute atomic E-state index is 0.0665. The number of rotatable bonds is 5. The number of hydrogen-bond acceptors (Lipinski definition) is 6. The Morgan fingerprint density at radius 3 is 2.64 bits per heavy atom. The number of nitrogens with one attached hydrogen (secondary N) is 2. The largest absolute Gasteiger partial charge is 0.396 e. The lowest BCUT2D eigenvalue weighted by atomic mass is 10.3. The Hall–Kier alpha value is -2.62. The van der Waals surface area contributed by atoms with Crippen LogP contribution in [0.2, 0.25) is 5.02 Å². The van der Waals surface area contributed by atoms with Gasteiger partial charge < -0.3 is 15.3 Å². The van der Waals surface area contributed by atoms with Gasteiger partial charge in [-0.1, -0.05) is 23.7 Å². The Balaban J connectivity index is 2.05. The molecule has 10 heteroatoms. The SMILES string of the molecule is O=c1[nH]c(=O)n(CCCO)c2nc(N3CCNCC3)n(-c3ccccc3Cl)c12. The predicted octanol–water partition coefficient (Wildman–Crippen LogP) is 0.321. The zero-order valence-corrected chi connectivity index (χ0v) is 15.9. The van der Waals surface area contributed by atoms with Crippen molar-refractivity contribution in [1.82, 2.24) is 24.4 Å². The Bertz CT molecular complexity index is 1110. The zero-order chi connectivity index (χ0) is 19.7. The van der Waals surface area contributed by atoms with Crippen LogP contribution in [0.5, 0.6) is 0 Å². The molecule has 0 bridgehead atoms. The van der Waals surface area contributed by atoms with Gasteiger partial charge >= 0.3 is 5.69 Å². The van der Waals surface area contributed by atoms with Crippen LogP contribution < -0.4 is 21.5 Å². The van der Waals surface area contributed by atoms with Crippen molar-refractivity contribution in [1.29, 1.82) is 0 Å². The monoisotopic (exact) mass is 404 g/mol. The quantitative estimate of drug-likeness (QED) is 0.565. The van der Waals surface area contributed by atoms with Crippen LogP contribution in [-0.2, 0) is 6.54 Å². The number of halogens is 1. The number of aliphatic hydroxyl groups is 1. The van der Waals surface area contributed by atoms with E-state index in [0.717, 1.165) is 13.1 Å². The number of hydrogen-bond donors (Lipinski definition) is 3. The van der Waals surface area contributed by atoms with Gasteiger partial charge in [0.05, 0.1) is 10.7 Å². The highest BCUT2D eigenvalue weighted by atomic mass is 35.5. The van der Waals surface area contributed by atoms with Gasteiger partial charge in [0.25, 0.3) is 5.56 Å². The molecule has 28 heavy (non-hydrogen) atoms. The van der Waals surface area contributed by atoms with Gasteiger partial charge in [-0.2, -0.15) is 4.98 Å². The van der Waals surface area contributed by atoms with Gasteiger partial charge in [-0.3, -0.25) is 18.9 Å². The van der Waals surface area contributed by atoms with Crippen LogP contribution in [-0.4, -0.2) is 57.0 Å². The molecule has 0 atom stereocenters. The van der Waals surface area contributed by atoms with Crippen LogP contribution in [0.1, 0.15) is 6.42 Å². The first kappa shape index (κ1) is 18.7. The topological polar surface area (TPSA) is 108 Å². The second kappa shape index (κ2) is 7.78. The number of H-pyrrole nitrogens is 1. The number of fused-ring (bicyclic) bond motifs is 1. The van der Waals surface area contributed by atoms with Crippen molar-refractivity contribution in [3.8, 4) is 5.69 Å². The fourth-order valence-electron chi connectivity index (χ4n) is 3.48. The molecular formula is C18H21ClN6O3. The van der Waals surface area contributed by atoms with E-state index >= 15 is 0 Å². The number of benzene rings is 1. The van der Waals surface area contributed by atoms with E-state index in [1.165, 1.54) is 4.57 Å². The number of aliphatic hydroxyl groups excluding tert-OH is 1. The zero-order valence-electron chi connectivity index (χ0n) is 15.2. The van der Waals surface area contributed by atoms with Gasteiger partial charge in [-0.25, -0.2) is 4.79 Å². The normalized spacial score (nSPS) is 14.7. The minimum atomic E-state index is -0.540. The minimum Gasteiger partial charge on any atom is -0.396 e. The summed E-state index contributed by atoms with van der Waals surface area (Å²) < 4.78 is 3.11. The van der Waals surface area contributed by atoms with E-state index in [-0.39, 0.29) is 24.3 Å². The van der Waals surface area contributed by atoms with Crippen molar-refractivity contribution in [2.24, 2.45) is 0 Å². The third-order valence-corrected chi connectivity index (χ3v) is 5.13. The average Bonchev–Trinajstić information content (AvgIpc) is 3.09. The van der Waals surface area contributed by atoms with Gasteiger partial charge in [-0.15, -0.1) is 0 Å².